The van der Waals surface area contributed by atoms with Gasteiger partial charge in [-0.15, -0.1) is 0 Å². The summed E-state index contributed by atoms with van der Waals surface area (Å²) >= 11 is 0. The first-order valence-electron chi connectivity index (χ1n) is 6.84. The number of rotatable bonds is 2. The second-order valence-corrected chi connectivity index (χ2v) is 6.90. The zero-order valence-corrected chi connectivity index (χ0v) is 10.8. The predicted molar refractivity (Wildman–Crippen MR) is 66.0 cm³/mol. The highest BCUT2D eigenvalue weighted by Crippen LogP contribution is 2.74. The maximum Gasteiger partial charge on any atom is 0.0644 e. The predicted octanol–water partition coefficient (Wildman–Crippen LogP) is 3.39. The zero-order chi connectivity index (χ0) is 11.6. The van der Waals surface area contributed by atoms with E-state index < -0.39 is 0 Å². The Labute approximate surface area is 98.9 Å². The summed E-state index contributed by atoms with van der Waals surface area (Å²) in [6, 6.07) is 0. The van der Waals surface area contributed by atoms with Crippen LogP contribution < -0.4 is 0 Å². The Hall–Kier alpha value is -0.300. The number of allylic oxidation sites excluding steroid dienone is 1. The molecule has 0 radical (unpaired) electrons. The topological polar surface area (TPSA) is 20.2 Å². The minimum atomic E-state index is 0.294. The summed E-state index contributed by atoms with van der Waals surface area (Å²) in [6.45, 7) is 7.59. The van der Waals surface area contributed by atoms with Crippen LogP contribution in [0.15, 0.2) is 11.6 Å². The van der Waals surface area contributed by atoms with Crippen LogP contribution in [0.2, 0.25) is 0 Å². The van der Waals surface area contributed by atoms with Gasteiger partial charge in [-0.05, 0) is 59.8 Å². The van der Waals surface area contributed by atoms with Crippen LogP contribution in [0.4, 0.5) is 0 Å². The van der Waals surface area contributed by atoms with Crippen molar-refractivity contribution in [2.45, 2.75) is 46.5 Å². The highest BCUT2D eigenvalue weighted by atomic mass is 16.3. The normalized spacial score (nSPS) is 49.9. The number of hydrogen-bond acceptors (Lipinski definition) is 1. The van der Waals surface area contributed by atoms with Gasteiger partial charge in [0.25, 0.3) is 0 Å². The van der Waals surface area contributed by atoms with Crippen molar-refractivity contribution in [1.82, 2.24) is 0 Å². The standard InChI is InChI=1S/C15H24O/c1-10(2)15-7-6-14(3)8-12(15)11(9-16)4-5-13(14)15/h4,10,12-13,16H,5-9H2,1-3H3. The third-order valence-corrected chi connectivity index (χ3v) is 6.26. The minimum Gasteiger partial charge on any atom is -0.392 e. The van der Waals surface area contributed by atoms with Crippen molar-refractivity contribution >= 4 is 0 Å². The van der Waals surface area contributed by atoms with Crippen molar-refractivity contribution in [2.75, 3.05) is 6.61 Å². The van der Waals surface area contributed by atoms with E-state index in [0.717, 1.165) is 11.8 Å². The average molecular weight is 220 g/mol. The molecule has 4 bridgehead atoms. The van der Waals surface area contributed by atoms with Gasteiger partial charge >= 0.3 is 0 Å². The Balaban J connectivity index is 2.08. The van der Waals surface area contributed by atoms with Crippen molar-refractivity contribution in [3.8, 4) is 0 Å². The van der Waals surface area contributed by atoms with Gasteiger partial charge in [-0.25, -0.2) is 0 Å². The zero-order valence-electron chi connectivity index (χ0n) is 10.8. The Morgan fingerprint density at radius 1 is 1.44 bits per heavy atom. The van der Waals surface area contributed by atoms with E-state index in [1.807, 2.05) is 0 Å². The molecule has 0 aromatic heterocycles. The molecule has 3 rings (SSSR count). The lowest BCUT2D eigenvalue weighted by Crippen LogP contribution is -2.39. The summed E-state index contributed by atoms with van der Waals surface area (Å²) in [4.78, 5) is 0. The Morgan fingerprint density at radius 3 is 2.81 bits per heavy atom. The maximum absolute atomic E-state index is 9.55. The molecule has 90 valence electrons. The molecule has 4 atom stereocenters. The monoisotopic (exact) mass is 220 g/mol. The van der Waals surface area contributed by atoms with Crippen molar-refractivity contribution < 1.29 is 5.11 Å². The first-order chi connectivity index (χ1) is 7.54. The molecule has 2 saturated carbocycles. The van der Waals surface area contributed by atoms with Gasteiger partial charge in [0, 0.05) is 0 Å². The summed E-state index contributed by atoms with van der Waals surface area (Å²) in [5, 5.41) is 9.55. The third kappa shape index (κ3) is 1.01. The highest BCUT2D eigenvalue weighted by molar-refractivity contribution is 5.28. The molecule has 4 unspecified atom stereocenters. The van der Waals surface area contributed by atoms with Crippen molar-refractivity contribution in [2.24, 2.45) is 28.6 Å². The fourth-order valence-electron chi connectivity index (χ4n) is 5.48. The lowest BCUT2D eigenvalue weighted by Gasteiger charge is -2.45. The van der Waals surface area contributed by atoms with E-state index in [1.165, 1.54) is 31.3 Å². The van der Waals surface area contributed by atoms with Gasteiger partial charge < -0.3 is 5.11 Å². The summed E-state index contributed by atoms with van der Waals surface area (Å²) < 4.78 is 0. The number of aliphatic hydroxyl groups is 1. The van der Waals surface area contributed by atoms with Gasteiger partial charge in [-0.1, -0.05) is 26.8 Å². The average Bonchev–Trinajstić information content (AvgIpc) is 2.62. The smallest absolute Gasteiger partial charge is 0.0644 e. The van der Waals surface area contributed by atoms with Gasteiger partial charge in [0.15, 0.2) is 0 Å². The van der Waals surface area contributed by atoms with Gasteiger partial charge in [-0.3, -0.25) is 0 Å². The van der Waals surface area contributed by atoms with E-state index >= 15 is 0 Å². The van der Waals surface area contributed by atoms with Gasteiger partial charge in [-0.2, -0.15) is 0 Å². The Bertz CT molecular complexity index is 343. The Morgan fingerprint density at radius 2 is 2.19 bits per heavy atom. The summed E-state index contributed by atoms with van der Waals surface area (Å²) in [5.41, 5.74) is 2.46. The van der Waals surface area contributed by atoms with E-state index in [2.05, 4.69) is 26.8 Å². The molecule has 1 N–H and O–H groups in total. The van der Waals surface area contributed by atoms with Crippen molar-refractivity contribution in [3.05, 3.63) is 11.6 Å². The molecule has 16 heavy (non-hydrogen) atoms. The van der Waals surface area contributed by atoms with Crippen LogP contribution >= 0.6 is 0 Å². The molecule has 2 fully saturated rings. The van der Waals surface area contributed by atoms with Crippen LogP contribution in [0, 0.1) is 28.6 Å². The molecule has 0 amide bonds. The SMILES string of the molecule is CC(C)C12CCC3(C)CC1C(CO)=CCC32. The number of hydrogen-bond donors (Lipinski definition) is 1. The first-order valence-corrected chi connectivity index (χ1v) is 6.84. The van der Waals surface area contributed by atoms with E-state index in [-0.39, 0.29) is 0 Å². The molecule has 0 aromatic rings. The Kier molecular flexibility index (Phi) is 2.12. The van der Waals surface area contributed by atoms with Crippen LogP contribution in [0.5, 0.6) is 0 Å². The first kappa shape index (κ1) is 10.8. The van der Waals surface area contributed by atoms with Crippen LogP contribution in [-0.2, 0) is 0 Å². The molecule has 1 nitrogen and oxygen atoms in total. The fourth-order valence-corrected chi connectivity index (χ4v) is 5.48. The van der Waals surface area contributed by atoms with E-state index in [4.69, 9.17) is 0 Å². The summed E-state index contributed by atoms with van der Waals surface area (Å²) in [6.07, 6.45) is 7.72. The lowest BCUT2D eigenvalue weighted by atomic mass is 9.59. The van der Waals surface area contributed by atoms with E-state index in [1.54, 1.807) is 0 Å². The molecule has 0 spiro atoms. The van der Waals surface area contributed by atoms with Crippen molar-refractivity contribution in [3.63, 3.8) is 0 Å². The summed E-state index contributed by atoms with van der Waals surface area (Å²) in [7, 11) is 0. The summed E-state index contributed by atoms with van der Waals surface area (Å²) in [5.74, 6) is 2.34. The second-order valence-electron chi connectivity index (χ2n) is 6.90. The quantitative estimate of drug-likeness (QED) is 0.707. The molecule has 3 aliphatic rings. The minimum absolute atomic E-state index is 0.294. The van der Waals surface area contributed by atoms with Crippen LogP contribution in [0.3, 0.4) is 0 Å². The van der Waals surface area contributed by atoms with Gasteiger partial charge in [0.1, 0.15) is 0 Å². The third-order valence-electron chi connectivity index (χ3n) is 6.26. The van der Waals surface area contributed by atoms with Crippen LogP contribution in [-0.4, -0.2) is 11.7 Å². The highest BCUT2D eigenvalue weighted by Gasteiger charge is 2.66. The maximum atomic E-state index is 9.55. The molecule has 0 aliphatic heterocycles. The largest absolute Gasteiger partial charge is 0.392 e. The molecule has 1 heteroatoms. The van der Waals surface area contributed by atoms with Crippen molar-refractivity contribution in [1.29, 1.82) is 0 Å². The van der Waals surface area contributed by atoms with E-state index in [0.29, 0.717) is 23.4 Å². The van der Waals surface area contributed by atoms with Gasteiger partial charge in [0.05, 0.1) is 6.61 Å². The molecular formula is C15H24O. The molecular weight excluding hydrogens is 196 g/mol. The fraction of sp³-hybridized carbons (Fsp3) is 0.867. The number of aliphatic hydroxyl groups excluding tert-OH is 1. The molecule has 0 heterocycles. The molecule has 0 aromatic carbocycles. The van der Waals surface area contributed by atoms with E-state index in [9.17, 15) is 5.11 Å². The molecule has 0 saturated heterocycles. The van der Waals surface area contributed by atoms with Crippen LogP contribution in [0.1, 0.15) is 46.5 Å². The lowest BCUT2D eigenvalue weighted by molar-refractivity contribution is 0.0755. The van der Waals surface area contributed by atoms with Crippen LogP contribution in [0.25, 0.3) is 0 Å². The molecule has 3 aliphatic carbocycles. The second kappa shape index (κ2) is 3.13. The van der Waals surface area contributed by atoms with Gasteiger partial charge in [0.2, 0.25) is 0 Å².